The third-order valence-corrected chi connectivity index (χ3v) is 6.32. The van der Waals surface area contributed by atoms with Gasteiger partial charge in [0, 0.05) is 31.7 Å². The number of nitriles is 1. The van der Waals surface area contributed by atoms with Gasteiger partial charge in [0.1, 0.15) is 11.8 Å². The number of nitrogens with zero attached hydrogens (tertiary/aromatic N) is 4. The lowest BCUT2D eigenvalue weighted by Crippen LogP contribution is -2.49. The monoisotopic (exact) mass is 454 g/mol. The van der Waals surface area contributed by atoms with Crippen LogP contribution in [0.4, 0.5) is 0 Å². The van der Waals surface area contributed by atoms with Gasteiger partial charge in [0.15, 0.2) is 0 Å². The van der Waals surface area contributed by atoms with Crippen LogP contribution in [0.1, 0.15) is 48.4 Å². The van der Waals surface area contributed by atoms with Crippen LogP contribution in [0, 0.1) is 11.3 Å². The molecule has 5 rings (SSSR count). The molecule has 3 heterocycles. The standard InChI is InChI=1S/C26H22N4O4/c27-16-23(18-5-2-1-3-6-18)28-10-12-29(13-11-28)24(31)19-8-9-21-22(15-19)26(33)30(25(21)32)17-20-7-4-14-34-20/h1-9,14-15,23H,10-13,17H2. The Balaban J connectivity index is 1.27. The summed E-state index contributed by atoms with van der Waals surface area (Å²) in [5.74, 6) is -0.515. The number of fused-ring (bicyclic) bond motifs is 1. The van der Waals surface area contributed by atoms with Crippen molar-refractivity contribution in [1.29, 1.82) is 5.26 Å². The lowest BCUT2D eigenvalue weighted by Gasteiger charge is -2.37. The van der Waals surface area contributed by atoms with Gasteiger partial charge in [-0.3, -0.25) is 24.2 Å². The van der Waals surface area contributed by atoms with Gasteiger partial charge < -0.3 is 9.32 Å². The average molecular weight is 454 g/mol. The fourth-order valence-corrected chi connectivity index (χ4v) is 4.49. The first-order chi connectivity index (χ1) is 16.6. The highest BCUT2D eigenvalue weighted by atomic mass is 16.3. The Morgan fingerprint density at radius 1 is 0.941 bits per heavy atom. The molecule has 1 unspecified atom stereocenters. The molecule has 0 saturated carbocycles. The Bertz CT molecular complexity index is 1270. The van der Waals surface area contributed by atoms with E-state index in [0.29, 0.717) is 37.5 Å². The molecule has 2 aliphatic heterocycles. The van der Waals surface area contributed by atoms with Crippen molar-refractivity contribution in [1.82, 2.24) is 14.7 Å². The van der Waals surface area contributed by atoms with Crippen LogP contribution >= 0.6 is 0 Å². The summed E-state index contributed by atoms with van der Waals surface area (Å²) in [4.78, 5) is 43.6. The van der Waals surface area contributed by atoms with E-state index in [1.54, 1.807) is 29.2 Å². The zero-order valence-electron chi connectivity index (χ0n) is 18.4. The number of imide groups is 1. The maximum absolute atomic E-state index is 13.2. The maximum Gasteiger partial charge on any atom is 0.261 e. The maximum atomic E-state index is 13.2. The number of carbonyl (C=O) groups excluding carboxylic acids is 3. The Kier molecular flexibility index (Phi) is 5.70. The molecular formula is C26H22N4O4. The number of rotatable bonds is 5. The first-order valence-electron chi connectivity index (χ1n) is 11.1. The van der Waals surface area contributed by atoms with Crippen LogP contribution in [-0.4, -0.2) is 58.6 Å². The SMILES string of the molecule is N#CC(c1ccccc1)N1CCN(C(=O)c2ccc3c(c2)C(=O)N(Cc2ccco2)C3=O)CC1. The normalized spacial score (nSPS) is 16.9. The molecule has 0 bridgehead atoms. The highest BCUT2D eigenvalue weighted by Gasteiger charge is 2.37. The van der Waals surface area contributed by atoms with Crippen LogP contribution in [0.2, 0.25) is 0 Å². The molecule has 0 radical (unpaired) electrons. The van der Waals surface area contributed by atoms with E-state index in [0.717, 1.165) is 10.5 Å². The van der Waals surface area contributed by atoms with Crippen LogP contribution in [0.5, 0.6) is 0 Å². The van der Waals surface area contributed by atoms with Gasteiger partial charge in [-0.15, -0.1) is 0 Å². The van der Waals surface area contributed by atoms with E-state index < -0.39 is 11.8 Å². The second kappa shape index (κ2) is 8.96. The number of amides is 3. The van der Waals surface area contributed by atoms with Crippen molar-refractivity contribution in [3.8, 4) is 6.07 Å². The van der Waals surface area contributed by atoms with E-state index in [1.165, 1.54) is 12.3 Å². The average Bonchev–Trinajstić information content (AvgIpc) is 3.48. The summed E-state index contributed by atoms with van der Waals surface area (Å²) in [5.41, 5.74) is 1.83. The van der Waals surface area contributed by atoms with Crippen molar-refractivity contribution in [2.24, 2.45) is 0 Å². The van der Waals surface area contributed by atoms with Gasteiger partial charge in [0.25, 0.3) is 17.7 Å². The van der Waals surface area contributed by atoms with E-state index in [4.69, 9.17) is 4.42 Å². The number of hydrogen-bond acceptors (Lipinski definition) is 6. The second-order valence-corrected chi connectivity index (χ2v) is 8.31. The Hall–Kier alpha value is -4.22. The summed E-state index contributed by atoms with van der Waals surface area (Å²) in [6.07, 6.45) is 1.49. The Labute approximate surface area is 196 Å². The van der Waals surface area contributed by atoms with Crippen LogP contribution in [0.3, 0.4) is 0 Å². The first-order valence-corrected chi connectivity index (χ1v) is 11.1. The zero-order chi connectivity index (χ0) is 23.7. The van der Waals surface area contributed by atoms with Gasteiger partial charge in [-0.2, -0.15) is 5.26 Å². The second-order valence-electron chi connectivity index (χ2n) is 8.31. The van der Waals surface area contributed by atoms with E-state index in [9.17, 15) is 19.6 Å². The molecule has 3 amide bonds. The highest BCUT2D eigenvalue weighted by Crippen LogP contribution is 2.27. The predicted octanol–water partition coefficient (Wildman–Crippen LogP) is 3.10. The summed E-state index contributed by atoms with van der Waals surface area (Å²) in [7, 11) is 0. The molecule has 1 saturated heterocycles. The van der Waals surface area contributed by atoms with E-state index in [1.807, 2.05) is 30.3 Å². The number of furan rings is 1. The molecule has 0 N–H and O–H groups in total. The van der Waals surface area contributed by atoms with Crippen molar-refractivity contribution >= 4 is 17.7 Å². The highest BCUT2D eigenvalue weighted by molar-refractivity contribution is 6.22. The van der Waals surface area contributed by atoms with Crippen molar-refractivity contribution in [3.63, 3.8) is 0 Å². The molecule has 0 spiro atoms. The van der Waals surface area contributed by atoms with Crippen LogP contribution in [0.25, 0.3) is 0 Å². The number of piperazine rings is 1. The van der Waals surface area contributed by atoms with Crippen LogP contribution in [0.15, 0.2) is 71.3 Å². The fraction of sp³-hybridized carbons (Fsp3) is 0.231. The minimum Gasteiger partial charge on any atom is -0.467 e. The molecule has 2 aromatic carbocycles. The fourth-order valence-electron chi connectivity index (χ4n) is 4.49. The van der Waals surface area contributed by atoms with Gasteiger partial charge in [-0.25, -0.2) is 0 Å². The third-order valence-electron chi connectivity index (χ3n) is 6.32. The number of benzene rings is 2. The molecular weight excluding hydrogens is 432 g/mol. The zero-order valence-corrected chi connectivity index (χ0v) is 18.4. The molecule has 2 aliphatic rings. The molecule has 1 atom stereocenters. The van der Waals surface area contributed by atoms with Gasteiger partial charge >= 0.3 is 0 Å². The minimum absolute atomic E-state index is 0.0477. The number of hydrogen-bond donors (Lipinski definition) is 0. The Morgan fingerprint density at radius 2 is 1.68 bits per heavy atom. The van der Waals surface area contributed by atoms with Crippen LogP contribution < -0.4 is 0 Å². The van der Waals surface area contributed by atoms with Crippen molar-refractivity contribution in [2.45, 2.75) is 12.6 Å². The van der Waals surface area contributed by atoms with Crippen LogP contribution in [-0.2, 0) is 6.54 Å². The van der Waals surface area contributed by atoms with E-state index in [-0.39, 0.29) is 29.6 Å². The quantitative estimate of drug-likeness (QED) is 0.550. The topological polar surface area (TPSA) is 97.9 Å². The molecule has 8 nitrogen and oxygen atoms in total. The van der Waals surface area contributed by atoms with Crippen molar-refractivity contribution in [3.05, 3.63) is 94.9 Å². The smallest absolute Gasteiger partial charge is 0.261 e. The largest absolute Gasteiger partial charge is 0.467 e. The van der Waals surface area contributed by atoms with Gasteiger partial charge in [0.05, 0.1) is 30.0 Å². The van der Waals surface area contributed by atoms with Crippen molar-refractivity contribution < 1.29 is 18.8 Å². The lowest BCUT2D eigenvalue weighted by molar-refractivity contribution is 0.0605. The van der Waals surface area contributed by atoms with E-state index >= 15 is 0 Å². The number of carbonyl (C=O) groups is 3. The Morgan fingerprint density at radius 3 is 2.35 bits per heavy atom. The molecule has 34 heavy (non-hydrogen) atoms. The van der Waals surface area contributed by atoms with Gasteiger partial charge in [-0.05, 0) is 35.9 Å². The summed E-state index contributed by atoms with van der Waals surface area (Å²) in [6.45, 7) is 2.12. The third kappa shape index (κ3) is 3.87. The lowest BCUT2D eigenvalue weighted by atomic mass is 10.0. The first kappa shape index (κ1) is 21.6. The summed E-state index contributed by atoms with van der Waals surface area (Å²) < 4.78 is 5.26. The molecule has 1 fully saturated rings. The predicted molar refractivity (Wildman–Crippen MR) is 122 cm³/mol. The molecule has 3 aromatic rings. The van der Waals surface area contributed by atoms with Gasteiger partial charge in [0.2, 0.25) is 0 Å². The minimum atomic E-state index is -0.435. The molecule has 1 aromatic heterocycles. The summed E-state index contributed by atoms with van der Waals surface area (Å²) in [6, 6.07) is 19.7. The van der Waals surface area contributed by atoms with E-state index in [2.05, 4.69) is 11.0 Å². The summed E-state index contributed by atoms with van der Waals surface area (Å²) in [5, 5.41) is 9.68. The summed E-state index contributed by atoms with van der Waals surface area (Å²) >= 11 is 0. The molecule has 170 valence electrons. The van der Waals surface area contributed by atoms with Gasteiger partial charge in [-0.1, -0.05) is 30.3 Å². The van der Waals surface area contributed by atoms with Crippen molar-refractivity contribution in [2.75, 3.05) is 26.2 Å². The molecule has 0 aliphatic carbocycles. The molecule has 8 heteroatoms.